The molecule has 2 aromatic rings. The van der Waals surface area contributed by atoms with Crippen LogP contribution in [0.5, 0.6) is 0 Å². The predicted molar refractivity (Wildman–Crippen MR) is 66.3 cm³/mol. The minimum Gasteiger partial charge on any atom is -0.370 e. The average Bonchev–Trinajstić information content (AvgIpc) is 3.07. The fourth-order valence-corrected chi connectivity index (χ4v) is 3.17. The Labute approximate surface area is 104 Å². The Kier molecular flexibility index (Phi) is 2.02. The zero-order valence-corrected chi connectivity index (χ0v) is 10.1. The topological polar surface area (TPSA) is 30.4 Å². The van der Waals surface area contributed by atoms with Crippen LogP contribution in [0.25, 0.3) is 10.9 Å². The van der Waals surface area contributed by atoms with Gasteiger partial charge in [-0.3, -0.25) is 4.68 Å². The van der Waals surface area contributed by atoms with E-state index in [-0.39, 0.29) is 0 Å². The minimum absolute atomic E-state index is 0.441. The molecule has 1 saturated carbocycles. The van der Waals surface area contributed by atoms with Crippen LogP contribution in [0.2, 0.25) is 5.15 Å². The number of para-hydroxylation sites is 1. The number of ether oxygens (including phenoxy) is 1. The number of fused-ring (bicyclic) bond motifs is 2. The molecule has 4 rings (SSSR count). The third-order valence-electron chi connectivity index (χ3n) is 3.89. The maximum Gasteiger partial charge on any atom is 0.158 e. The van der Waals surface area contributed by atoms with E-state index in [0.29, 0.717) is 23.4 Å². The molecule has 88 valence electrons. The number of benzene rings is 1. The first-order chi connectivity index (χ1) is 8.33. The van der Waals surface area contributed by atoms with Crippen LogP contribution < -0.4 is 0 Å². The van der Waals surface area contributed by atoms with Gasteiger partial charge in [-0.25, -0.2) is 0 Å². The fraction of sp³-hybridized carbons (Fsp3) is 0.462. The summed E-state index contributed by atoms with van der Waals surface area (Å²) in [5, 5.41) is 6.15. The van der Waals surface area contributed by atoms with Crippen LogP contribution >= 0.6 is 11.6 Å². The highest BCUT2D eigenvalue weighted by Gasteiger charge is 2.44. The van der Waals surface area contributed by atoms with Crippen molar-refractivity contribution in [3.63, 3.8) is 0 Å². The Bertz CT molecular complexity index is 580. The molecule has 3 nitrogen and oxygen atoms in total. The van der Waals surface area contributed by atoms with Crippen molar-refractivity contribution in [1.29, 1.82) is 0 Å². The van der Waals surface area contributed by atoms with Crippen LogP contribution in [-0.4, -0.2) is 22.0 Å². The van der Waals surface area contributed by atoms with E-state index in [0.717, 1.165) is 30.2 Å². The fourth-order valence-electron chi connectivity index (χ4n) is 2.93. The van der Waals surface area contributed by atoms with Crippen molar-refractivity contribution in [3.05, 3.63) is 29.4 Å². The van der Waals surface area contributed by atoms with Gasteiger partial charge in [0, 0.05) is 5.39 Å². The molecule has 2 aliphatic rings. The van der Waals surface area contributed by atoms with Gasteiger partial charge in [-0.1, -0.05) is 23.7 Å². The molecule has 4 heteroatoms. The Hall–Kier alpha value is -1.06. The largest absolute Gasteiger partial charge is 0.370 e. The number of rotatable bonds is 1. The van der Waals surface area contributed by atoms with Gasteiger partial charge in [0.1, 0.15) is 0 Å². The molecule has 1 saturated heterocycles. The lowest BCUT2D eigenvalue weighted by Crippen LogP contribution is -2.18. The third-order valence-corrected chi connectivity index (χ3v) is 4.17. The zero-order chi connectivity index (χ0) is 11.4. The van der Waals surface area contributed by atoms with Crippen molar-refractivity contribution in [1.82, 2.24) is 9.78 Å². The van der Waals surface area contributed by atoms with Gasteiger partial charge < -0.3 is 4.74 Å². The maximum absolute atomic E-state index is 6.18. The van der Waals surface area contributed by atoms with Crippen molar-refractivity contribution in [2.24, 2.45) is 0 Å². The van der Waals surface area contributed by atoms with E-state index in [1.54, 1.807) is 0 Å². The lowest BCUT2D eigenvalue weighted by atomic mass is 9.95. The van der Waals surface area contributed by atoms with Gasteiger partial charge in [-0.15, -0.1) is 0 Å². The van der Waals surface area contributed by atoms with Crippen LogP contribution in [0, 0.1) is 0 Å². The quantitative estimate of drug-likeness (QED) is 0.726. The number of nitrogens with zero attached hydrogens (tertiary/aromatic N) is 2. The van der Waals surface area contributed by atoms with Crippen molar-refractivity contribution < 1.29 is 4.74 Å². The SMILES string of the molecule is Clc1nn(C2CCC3OC3C2)c2ccccc12. The molecule has 3 unspecified atom stereocenters. The highest BCUT2D eigenvalue weighted by Crippen LogP contribution is 2.42. The molecule has 1 aromatic heterocycles. The van der Waals surface area contributed by atoms with E-state index < -0.39 is 0 Å². The summed E-state index contributed by atoms with van der Waals surface area (Å²) in [6, 6.07) is 8.60. The average molecular weight is 249 g/mol. The molecule has 1 aliphatic heterocycles. The van der Waals surface area contributed by atoms with Crippen molar-refractivity contribution in [2.45, 2.75) is 37.5 Å². The molecule has 2 heterocycles. The van der Waals surface area contributed by atoms with E-state index in [1.807, 2.05) is 18.2 Å². The van der Waals surface area contributed by atoms with Crippen molar-refractivity contribution in [3.8, 4) is 0 Å². The Morgan fingerprint density at radius 3 is 3.00 bits per heavy atom. The zero-order valence-electron chi connectivity index (χ0n) is 9.34. The third kappa shape index (κ3) is 1.49. The smallest absolute Gasteiger partial charge is 0.158 e. The number of hydrogen-bond acceptors (Lipinski definition) is 2. The van der Waals surface area contributed by atoms with E-state index in [4.69, 9.17) is 16.3 Å². The second-order valence-electron chi connectivity index (χ2n) is 4.93. The first-order valence-electron chi connectivity index (χ1n) is 6.11. The first-order valence-corrected chi connectivity index (χ1v) is 6.49. The van der Waals surface area contributed by atoms with Crippen LogP contribution in [0.3, 0.4) is 0 Å². The molecular weight excluding hydrogens is 236 g/mol. The molecular formula is C13H13ClN2O. The molecule has 1 aromatic carbocycles. The summed E-state index contributed by atoms with van der Waals surface area (Å²) < 4.78 is 7.67. The molecule has 0 radical (unpaired) electrons. The number of hydrogen-bond donors (Lipinski definition) is 0. The number of halogens is 1. The van der Waals surface area contributed by atoms with Crippen LogP contribution in [-0.2, 0) is 4.74 Å². The Morgan fingerprint density at radius 1 is 1.24 bits per heavy atom. The molecule has 0 N–H and O–H groups in total. The molecule has 0 amide bonds. The summed E-state index contributed by atoms with van der Waals surface area (Å²) in [5.74, 6) is 0. The summed E-state index contributed by atoms with van der Waals surface area (Å²) in [6.07, 6.45) is 4.37. The van der Waals surface area contributed by atoms with E-state index >= 15 is 0 Å². The Balaban J connectivity index is 1.79. The van der Waals surface area contributed by atoms with E-state index in [2.05, 4.69) is 15.8 Å². The van der Waals surface area contributed by atoms with Gasteiger partial charge in [-0.2, -0.15) is 5.10 Å². The normalized spacial score (nSPS) is 31.5. The van der Waals surface area contributed by atoms with Crippen LogP contribution in [0.4, 0.5) is 0 Å². The molecule has 0 spiro atoms. The minimum atomic E-state index is 0.441. The Morgan fingerprint density at radius 2 is 2.12 bits per heavy atom. The van der Waals surface area contributed by atoms with E-state index in [9.17, 15) is 0 Å². The summed E-state index contributed by atoms with van der Waals surface area (Å²) in [6.45, 7) is 0. The highest BCUT2D eigenvalue weighted by molar-refractivity contribution is 6.34. The van der Waals surface area contributed by atoms with E-state index in [1.165, 1.54) is 0 Å². The van der Waals surface area contributed by atoms with Crippen molar-refractivity contribution in [2.75, 3.05) is 0 Å². The maximum atomic E-state index is 6.18. The summed E-state index contributed by atoms with van der Waals surface area (Å²) in [5.41, 5.74) is 1.14. The first kappa shape index (κ1) is 9.92. The summed E-state index contributed by atoms with van der Waals surface area (Å²) >= 11 is 6.18. The molecule has 2 fully saturated rings. The van der Waals surface area contributed by atoms with Gasteiger partial charge in [0.05, 0.1) is 23.8 Å². The van der Waals surface area contributed by atoms with Gasteiger partial charge >= 0.3 is 0 Å². The van der Waals surface area contributed by atoms with Gasteiger partial charge in [-0.05, 0) is 31.4 Å². The lowest BCUT2D eigenvalue weighted by molar-refractivity contribution is 0.350. The summed E-state index contributed by atoms with van der Waals surface area (Å²) in [4.78, 5) is 0. The van der Waals surface area contributed by atoms with Crippen LogP contribution in [0.1, 0.15) is 25.3 Å². The molecule has 1 aliphatic carbocycles. The number of epoxide rings is 1. The highest BCUT2D eigenvalue weighted by atomic mass is 35.5. The van der Waals surface area contributed by atoms with Crippen molar-refractivity contribution >= 4 is 22.5 Å². The summed E-state index contributed by atoms with van der Waals surface area (Å²) in [7, 11) is 0. The van der Waals surface area contributed by atoms with Gasteiger partial charge in [0.25, 0.3) is 0 Å². The standard InChI is InChI=1S/C13H13ClN2O/c14-13-9-3-1-2-4-10(9)16(15-13)8-5-6-11-12(7-8)17-11/h1-4,8,11-12H,5-7H2. The molecule has 0 bridgehead atoms. The van der Waals surface area contributed by atoms with Crippen LogP contribution in [0.15, 0.2) is 24.3 Å². The monoisotopic (exact) mass is 248 g/mol. The number of aromatic nitrogens is 2. The second-order valence-corrected chi connectivity index (χ2v) is 5.29. The predicted octanol–water partition coefficient (Wildman–Crippen LogP) is 3.18. The molecule has 3 atom stereocenters. The van der Waals surface area contributed by atoms with Gasteiger partial charge in [0.2, 0.25) is 0 Å². The second kappa shape index (κ2) is 3.47. The van der Waals surface area contributed by atoms with Gasteiger partial charge in [0.15, 0.2) is 5.15 Å². The molecule has 17 heavy (non-hydrogen) atoms. The lowest BCUT2D eigenvalue weighted by Gasteiger charge is -2.20.